The number of fused-ring (bicyclic) bond motifs is 1. The largest absolute Gasteiger partial charge is 0.389 e. The van der Waals surface area contributed by atoms with Crippen molar-refractivity contribution in [1.82, 2.24) is 5.32 Å². The summed E-state index contributed by atoms with van der Waals surface area (Å²) in [6, 6.07) is 8.54. The summed E-state index contributed by atoms with van der Waals surface area (Å²) in [5, 5.41) is 13.8. The Kier molecular flexibility index (Phi) is 4.61. The van der Waals surface area contributed by atoms with Crippen molar-refractivity contribution in [1.29, 1.82) is 0 Å². The number of rotatable bonds is 5. The summed E-state index contributed by atoms with van der Waals surface area (Å²) in [4.78, 5) is 0. The highest BCUT2D eigenvalue weighted by molar-refractivity contribution is 5.31. The third-order valence-corrected chi connectivity index (χ3v) is 3.55. The quantitative estimate of drug-likeness (QED) is 0.858. The highest BCUT2D eigenvalue weighted by Gasteiger charge is 2.25. The van der Waals surface area contributed by atoms with Gasteiger partial charge in [-0.3, -0.25) is 0 Å². The molecule has 0 spiro atoms. The molecule has 1 heterocycles. The first-order chi connectivity index (χ1) is 8.98. The van der Waals surface area contributed by atoms with Gasteiger partial charge in [0.2, 0.25) is 0 Å². The molecule has 1 aliphatic rings. The van der Waals surface area contributed by atoms with Crippen molar-refractivity contribution in [2.45, 2.75) is 45.4 Å². The minimum Gasteiger partial charge on any atom is -0.389 e. The van der Waals surface area contributed by atoms with E-state index in [9.17, 15) is 5.11 Å². The molecule has 2 unspecified atom stereocenters. The maximum Gasteiger partial charge on any atom is 0.0746 e. The fourth-order valence-corrected chi connectivity index (χ4v) is 2.85. The molecule has 3 heteroatoms. The van der Waals surface area contributed by atoms with Crippen molar-refractivity contribution < 1.29 is 9.84 Å². The molecule has 1 aromatic rings. The summed E-state index contributed by atoms with van der Waals surface area (Å²) >= 11 is 0. The predicted molar refractivity (Wildman–Crippen MR) is 76.9 cm³/mol. The second-order valence-corrected chi connectivity index (χ2v) is 6.24. The molecular weight excluding hydrogens is 238 g/mol. The van der Waals surface area contributed by atoms with Gasteiger partial charge in [0.05, 0.1) is 24.9 Å². The lowest BCUT2D eigenvalue weighted by Crippen LogP contribution is -2.42. The van der Waals surface area contributed by atoms with Crippen LogP contribution < -0.4 is 5.32 Å². The van der Waals surface area contributed by atoms with Gasteiger partial charge in [0, 0.05) is 6.54 Å². The van der Waals surface area contributed by atoms with E-state index in [1.54, 1.807) is 0 Å². The Morgan fingerprint density at radius 1 is 1.42 bits per heavy atom. The molecule has 0 fully saturated rings. The summed E-state index contributed by atoms with van der Waals surface area (Å²) in [6.45, 7) is 8.12. The van der Waals surface area contributed by atoms with Crippen LogP contribution in [-0.2, 0) is 11.3 Å². The minimum absolute atomic E-state index is 0.184. The van der Waals surface area contributed by atoms with Crippen LogP contribution in [0.4, 0.5) is 0 Å². The van der Waals surface area contributed by atoms with Crippen LogP contribution >= 0.6 is 0 Å². The SMILES string of the molecule is CC(C)CC(C)(O)CNC1COCc2ccccc21. The number of ether oxygens (including phenoxy) is 1. The van der Waals surface area contributed by atoms with E-state index in [1.807, 2.05) is 13.0 Å². The molecule has 1 aliphatic heterocycles. The third kappa shape index (κ3) is 4.03. The average Bonchev–Trinajstić information content (AvgIpc) is 2.35. The van der Waals surface area contributed by atoms with Crippen LogP contribution in [0.5, 0.6) is 0 Å². The average molecular weight is 263 g/mol. The molecule has 2 N–H and O–H groups in total. The van der Waals surface area contributed by atoms with Gasteiger partial charge in [-0.15, -0.1) is 0 Å². The van der Waals surface area contributed by atoms with Crippen LogP contribution in [-0.4, -0.2) is 23.9 Å². The molecular formula is C16H25NO2. The smallest absolute Gasteiger partial charge is 0.0746 e. The van der Waals surface area contributed by atoms with Crippen LogP contribution in [0.3, 0.4) is 0 Å². The van der Waals surface area contributed by atoms with Gasteiger partial charge in [0.1, 0.15) is 0 Å². The zero-order valence-corrected chi connectivity index (χ0v) is 12.1. The van der Waals surface area contributed by atoms with E-state index in [1.165, 1.54) is 11.1 Å². The predicted octanol–water partition coefficient (Wildman–Crippen LogP) is 2.64. The van der Waals surface area contributed by atoms with Crippen molar-refractivity contribution in [3.05, 3.63) is 35.4 Å². The van der Waals surface area contributed by atoms with Crippen molar-refractivity contribution in [3.8, 4) is 0 Å². The maximum atomic E-state index is 10.4. The van der Waals surface area contributed by atoms with E-state index in [4.69, 9.17) is 4.74 Å². The monoisotopic (exact) mass is 263 g/mol. The van der Waals surface area contributed by atoms with Gasteiger partial charge in [-0.25, -0.2) is 0 Å². The number of nitrogens with one attached hydrogen (secondary N) is 1. The number of hydrogen-bond acceptors (Lipinski definition) is 3. The van der Waals surface area contributed by atoms with Gasteiger partial charge in [-0.05, 0) is 30.4 Å². The summed E-state index contributed by atoms with van der Waals surface area (Å²) in [5.74, 6) is 0.492. The van der Waals surface area contributed by atoms with Gasteiger partial charge in [0.25, 0.3) is 0 Å². The Hall–Kier alpha value is -0.900. The topological polar surface area (TPSA) is 41.5 Å². The Bertz CT molecular complexity index is 415. The molecule has 106 valence electrons. The first-order valence-corrected chi connectivity index (χ1v) is 7.09. The Balaban J connectivity index is 1.98. The van der Waals surface area contributed by atoms with Gasteiger partial charge < -0.3 is 15.2 Å². The van der Waals surface area contributed by atoms with Crippen molar-refractivity contribution in [3.63, 3.8) is 0 Å². The van der Waals surface area contributed by atoms with Gasteiger partial charge in [-0.1, -0.05) is 38.1 Å². The molecule has 1 aromatic carbocycles. The highest BCUT2D eigenvalue weighted by Crippen LogP contribution is 2.25. The van der Waals surface area contributed by atoms with Crippen molar-refractivity contribution >= 4 is 0 Å². The molecule has 0 aliphatic carbocycles. The van der Waals surface area contributed by atoms with Crippen molar-refractivity contribution in [2.75, 3.05) is 13.2 Å². The van der Waals surface area contributed by atoms with Crippen LogP contribution in [0.2, 0.25) is 0 Å². The molecule has 0 saturated carbocycles. The summed E-state index contributed by atoms with van der Waals surface area (Å²) in [5.41, 5.74) is 1.88. The first kappa shape index (κ1) is 14.5. The van der Waals surface area contributed by atoms with Crippen LogP contribution in [0.15, 0.2) is 24.3 Å². The van der Waals surface area contributed by atoms with Gasteiger partial charge in [0.15, 0.2) is 0 Å². The van der Waals surface area contributed by atoms with E-state index in [-0.39, 0.29) is 6.04 Å². The Labute approximate surface area is 116 Å². The first-order valence-electron chi connectivity index (χ1n) is 7.09. The molecule has 0 amide bonds. The molecule has 3 nitrogen and oxygen atoms in total. The van der Waals surface area contributed by atoms with Crippen LogP contribution in [0, 0.1) is 5.92 Å². The van der Waals surface area contributed by atoms with E-state index >= 15 is 0 Å². The number of aliphatic hydroxyl groups is 1. The third-order valence-electron chi connectivity index (χ3n) is 3.55. The zero-order valence-electron chi connectivity index (χ0n) is 12.1. The minimum atomic E-state index is -0.666. The fraction of sp³-hybridized carbons (Fsp3) is 0.625. The summed E-state index contributed by atoms with van der Waals surface area (Å²) < 4.78 is 5.61. The molecule has 0 saturated heterocycles. The second kappa shape index (κ2) is 6.04. The Morgan fingerprint density at radius 3 is 2.89 bits per heavy atom. The molecule has 2 rings (SSSR count). The van der Waals surface area contributed by atoms with E-state index < -0.39 is 5.60 Å². The molecule has 0 bridgehead atoms. The highest BCUT2D eigenvalue weighted by atomic mass is 16.5. The molecule has 2 atom stereocenters. The lowest BCUT2D eigenvalue weighted by atomic mass is 9.93. The number of hydrogen-bond donors (Lipinski definition) is 2. The molecule has 0 radical (unpaired) electrons. The standard InChI is InChI=1S/C16H25NO2/c1-12(2)8-16(3,18)11-17-15-10-19-9-13-6-4-5-7-14(13)15/h4-7,12,15,17-18H,8-11H2,1-3H3. The van der Waals surface area contributed by atoms with E-state index in [2.05, 4.69) is 37.4 Å². The van der Waals surface area contributed by atoms with E-state index in [0.717, 1.165) is 6.42 Å². The Morgan fingerprint density at radius 2 is 2.16 bits per heavy atom. The van der Waals surface area contributed by atoms with E-state index in [0.29, 0.717) is 25.7 Å². The fourth-order valence-electron chi connectivity index (χ4n) is 2.85. The van der Waals surface area contributed by atoms with Crippen LogP contribution in [0.25, 0.3) is 0 Å². The van der Waals surface area contributed by atoms with Crippen molar-refractivity contribution in [2.24, 2.45) is 5.92 Å². The lowest BCUT2D eigenvalue weighted by Gasteiger charge is -2.31. The normalized spacial score (nSPS) is 22.1. The molecule has 19 heavy (non-hydrogen) atoms. The number of benzene rings is 1. The second-order valence-electron chi connectivity index (χ2n) is 6.24. The zero-order chi connectivity index (χ0) is 13.9. The molecule has 0 aromatic heterocycles. The van der Waals surface area contributed by atoms with Gasteiger partial charge in [-0.2, -0.15) is 0 Å². The van der Waals surface area contributed by atoms with Crippen LogP contribution in [0.1, 0.15) is 44.4 Å². The lowest BCUT2D eigenvalue weighted by molar-refractivity contribution is 0.0252. The maximum absolute atomic E-state index is 10.4. The summed E-state index contributed by atoms with van der Waals surface area (Å²) in [6.07, 6.45) is 0.801. The van der Waals surface area contributed by atoms with Gasteiger partial charge >= 0.3 is 0 Å². The summed E-state index contributed by atoms with van der Waals surface area (Å²) in [7, 11) is 0.